The first kappa shape index (κ1) is 8.96. The van der Waals surface area contributed by atoms with Gasteiger partial charge in [0.25, 0.3) is 0 Å². The van der Waals surface area contributed by atoms with E-state index in [0.29, 0.717) is 0 Å². The van der Waals surface area contributed by atoms with E-state index in [0.717, 1.165) is 6.20 Å². The van der Waals surface area contributed by atoms with Crippen LogP contribution in [0.25, 0.3) is 11.3 Å². The fourth-order valence-electron chi connectivity index (χ4n) is 1.02. The minimum atomic E-state index is -0.537. The smallest absolute Gasteiger partial charge is 0.190 e. The zero-order valence-corrected chi connectivity index (χ0v) is 7.62. The fourth-order valence-corrected chi connectivity index (χ4v) is 1.19. The van der Waals surface area contributed by atoms with E-state index in [-0.39, 0.29) is 22.2 Å². The molecular formula is C8H5ClFN3O. The van der Waals surface area contributed by atoms with E-state index in [1.165, 1.54) is 12.3 Å². The van der Waals surface area contributed by atoms with E-state index >= 15 is 0 Å². The lowest BCUT2D eigenvalue weighted by Gasteiger charge is -1.96. The van der Waals surface area contributed by atoms with E-state index in [4.69, 9.17) is 21.9 Å². The van der Waals surface area contributed by atoms with Gasteiger partial charge in [-0.05, 0) is 6.07 Å². The Morgan fingerprint density at radius 1 is 1.50 bits per heavy atom. The van der Waals surface area contributed by atoms with Gasteiger partial charge in [-0.1, -0.05) is 16.8 Å². The highest BCUT2D eigenvalue weighted by molar-refractivity contribution is 6.35. The summed E-state index contributed by atoms with van der Waals surface area (Å²) in [5.41, 5.74) is 5.54. The molecule has 2 aromatic heterocycles. The van der Waals surface area contributed by atoms with Gasteiger partial charge in [-0.2, -0.15) is 0 Å². The SMILES string of the molecule is Nc1noc(-c2ccncc2F)c1Cl. The number of anilines is 1. The molecule has 0 unspecified atom stereocenters. The minimum Gasteiger partial charge on any atom is -0.380 e. The number of nitrogens with zero attached hydrogens (tertiary/aromatic N) is 2. The third-order valence-electron chi connectivity index (χ3n) is 1.68. The van der Waals surface area contributed by atoms with Gasteiger partial charge in [0.1, 0.15) is 5.02 Å². The van der Waals surface area contributed by atoms with Gasteiger partial charge in [-0.3, -0.25) is 4.98 Å². The Morgan fingerprint density at radius 3 is 2.86 bits per heavy atom. The Balaban J connectivity index is 2.60. The normalized spacial score (nSPS) is 10.4. The van der Waals surface area contributed by atoms with Crippen LogP contribution in [0.15, 0.2) is 23.0 Å². The predicted molar refractivity (Wildman–Crippen MR) is 49.1 cm³/mol. The second-order valence-corrected chi connectivity index (χ2v) is 2.94. The molecule has 72 valence electrons. The van der Waals surface area contributed by atoms with Crippen molar-refractivity contribution < 1.29 is 8.91 Å². The largest absolute Gasteiger partial charge is 0.380 e. The lowest BCUT2D eigenvalue weighted by molar-refractivity contribution is 0.433. The Bertz CT molecular complexity index is 471. The van der Waals surface area contributed by atoms with Crippen LogP contribution in [0, 0.1) is 5.82 Å². The molecule has 0 bridgehead atoms. The number of aromatic nitrogens is 2. The molecule has 2 heterocycles. The van der Waals surface area contributed by atoms with Crippen molar-refractivity contribution in [2.45, 2.75) is 0 Å². The van der Waals surface area contributed by atoms with E-state index < -0.39 is 5.82 Å². The standard InChI is InChI=1S/C8H5ClFN3O/c9-6-7(14-13-8(6)11)4-1-2-12-3-5(4)10/h1-3H,(H2,11,13). The highest BCUT2D eigenvalue weighted by atomic mass is 35.5. The number of nitrogen functional groups attached to an aromatic ring is 1. The van der Waals surface area contributed by atoms with E-state index in [1.54, 1.807) is 0 Å². The van der Waals surface area contributed by atoms with Gasteiger partial charge in [0, 0.05) is 6.20 Å². The Labute approximate surface area is 83.5 Å². The summed E-state index contributed by atoms with van der Waals surface area (Å²) in [4.78, 5) is 3.60. The second-order valence-electron chi connectivity index (χ2n) is 2.57. The maximum atomic E-state index is 13.2. The molecule has 4 nitrogen and oxygen atoms in total. The van der Waals surface area contributed by atoms with Crippen molar-refractivity contribution in [1.29, 1.82) is 0 Å². The van der Waals surface area contributed by atoms with Crippen molar-refractivity contribution in [3.8, 4) is 11.3 Å². The van der Waals surface area contributed by atoms with Crippen molar-refractivity contribution in [2.75, 3.05) is 5.73 Å². The van der Waals surface area contributed by atoms with E-state index in [9.17, 15) is 4.39 Å². The predicted octanol–water partition coefficient (Wildman–Crippen LogP) is 2.11. The first-order chi connectivity index (χ1) is 6.70. The molecule has 0 aliphatic heterocycles. The van der Waals surface area contributed by atoms with Crippen LogP contribution in [0.2, 0.25) is 5.02 Å². The first-order valence-electron chi connectivity index (χ1n) is 3.70. The third kappa shape index (κ3) is 1.31. The topological polar surface area (TPSA) is 64.9 Å². The average molecular weight is 214 g/mol. The molecule has 2 N–H and O–H groups in total. The summed E-state index contributed by atoms with van der Waals surface area (Å²) < 4.78 is 18.0. The summed E-state index contributed by atoms with van der Waals surface area (Å²) in [5, 5.41) is 3.52. The lowest BCUT2D eigenvalue weighted by Crippen LogP contribution is -1.85. The summed E-state index contributed by atoms with van der Waals surface area (Å²) in [5.74, 6) is -0.382. The molecule has 0 aromatic carbocycles. The summed E-state index contributed by atoms with van der Waals surface area (Å²) in [6.45, 7) is 0. The summed E-state index contributed by atoms with van der Waals surface area (Å²) in [6, 6.07) is 1.43. The monoisotopic (exact) mass is 213 g/mol. The molecule has 2 rings (SSSR count). The van der Waals surface area contributed by atoms with Crippen LogP contribution in [0.5, 0.6) is 0 Å². The minimum absolute atomic E-state index is 0.0397. The second kappa shape index (κ2) is 3.26. The zero-order chi connectivity index (χ0) is 10.1. The van der Waals surface area contributed by atoms with Crippen LogP contribution < -0.4 is 5.73 Å². The summed E-state index contributed by atoms with van der Waals surface area (Å²) in [6.07, 6.45) is 2.48. The lowest BCUT2D eigenvalue weighted by atomic mass is 10.2. The maximum absolute atomic E-state index is 13.2. The van der Waals surface area contributed by atoms with Crippen LogP contribution >= 0.6 is 11.6 Å². The Hall–Kier alpha value is -1.62. The molecule has 0 spiro atoms. The molecule has 6 heteroatoms. The van der Waals surface area contributed by atoms with Crippen molar-refractivity contribution in [2.24, 2.45) is 0 Å². The number of rotatable bonds is 1. The molecule has 0 saturated heterocycles. The van der Waals surface area contributed by atoms with Gasteiger partial charge in [-0.15, -0.1) is 0 Å². The van der Waals surface area contributed by atoms with Crippen LogP contribution in [0.4, 0.5) is 10.2 Å². The van der Waals surface area contributed by atoms with Crippen LogP contribution in [0.1, 0.15) is 0 Å². The maximum Gasteiger partial charge on any atom is 0.190 e. The third-order valence-corrected chi connectivity index (χ3v) is 2.04. The highest BCUT2D eigenvalue weighted by Gasteiger charge is 2.16. The number of pyridine rings is 1. The molecule has 0 aliphatic rings. The van der Waals surface area contributed by atoms with E-state index in [2.05, 4.69) is 10.1 Å². The number of hydrogen-bond acceptors (Lipinski definition) is 4. The van der Waals surface area contributed by atoms with Crippen LogP contribution in [-0.4, -0.2) is 10.1 Å². The number of halogens is 2. The van der Waals surface area contributed by atoms with Gasteiger partial charge in [0.05, 0.1) is 11.8 Å². The van der Waals surface area contributed by atoms with Gasteiger partial charge >= 0.3 is 0 Å². The molecule has 2 aromatic rings. The molecule has 0 atom stereocenters. The Kier molecular flexibility index (Phi) is 2.09. The summed E-state index contributed by atoms with van der Waals surface area (Å²) >= 11 is 5.75. The highest BCUT2D eigenvalue weighted by Crippen LogP contribution is 2.32. The van der Waals surface area contributed by atoms with Gasteiger partial charge in [-0.25, -0.2) is 4.39 Å². The summed E-state index contributed by atoms with van der Waals surface area (Å²) in [7, 11) is 0. The molecule has 14 heavy (non-hydrogen) atoms. The molecule has 0 fully saturated rings. The van der Waals surface area contributed by atoms with Gasteiger partial charge in [0.15, 0.2) is 17.4 Å². The Morgan fingerprint density at radius 2 is 2.29 bits per heavy atom. The first-order valence-corrected chi connectivity index (χ1v) is 4.08. The van der Waals surface area contributed by atoms with Crippen LogP contribution in [-0.2, 0) is 0 Å². The molecule has 0 amide bonds. The van der Waals surface area contributed by atoms with Crippen molar-refractivity contribution in [3.05, 3.63) is 29.3 Å². The van der Waals surface area contributed by atoms with Crippen molar-refractivity contribution in [1.82, 2.24) is 10.1 Å². The molecule has 0 aliphatic carbocycles. The molecular weight excluding hydrogens is 209 g/mol. The fraction of sp³-hybridized carbons (Fsp3) is 0. The van der Waals surface area contributed by atoms with Crippen molar-refractivity contribution in [3.63, 3.8) is 0 Å². The molecule has 0 radical (unpaired) electrons. The average Bonchev–Trinajstić information content (AvgIpc) is 2.49. The quantitative estimate of drug-likeness (QED) is 0.788. The van der Waals surface area contributed by atoms with Crippen molar-refractivity contribution >= 4 is 17.4 Å². The van der Waals surface area contributed by atoms with Gasteiger partial charge < -0.3 is 10.3 Å². The van der Waals surface area contributed by atoms with Gasteiger partial charge in [0.2, 0.25) is 0 Å². The van der Waals surface area contributed by atoms with E-state index in [1.807, 2.05) is 0 Å². The van der Waals surface area contributed by atoms with Crippen LogP contribution in [0.3, 0.4) is 0 Å². The number of hydrogen-bond donors (Lipinski definition) is 1. The zero-order valence-electron chi connectivity index (χ0n) is 6.87. The molecule has 0 saturated carbocycles. The number of nitrogens with two attached hydrogens (primary N) is 1.